The van der Waals surface area contributed by atoms with E-state index in [1.165, 1.54) is 49.7 Å². The summed E-state index contributed by atoms with van der Waals surface area (Å²) in [5.41, 5.74) is 4.62. The third kappa shape index (κ3) is 4.35. The summed E-state index contributed by atoms with van der Waals surface area (Å²) in [7, 11) is 0. The van der Waals surface area contributed by atoms with Gasteiger partial charge in [0.1, 0.15) is 11.4 Å². The summed E-state index contributed by atoms with van der Waals surface area (Å²) < 4.78 is 19.7. The van der Waals surface area contributed by atoms with Gasteiger partial charge in [-0.05, 0) is 59.9 Å². The average Bonchev–Trinajstić information content (AvgIpc) is 3.50. The van der Waals surface area contributed by atoms with Crippen LogP contribution < -0.4 is 0 Å². The highest BCUT2D eigenvalue weighted by molar-refractivity contribution is 5.90. The number of rotatable bonds is 7. The van der Waals surface area contributed by atoms with Crippen molar-refractivity contribution in [1.82, 2.24) is 4.90 Å². The van der Waals surface area contributed by atoms with Crippen LogP contribution in [0.2, 0.25) is 0 Å². The summed E-state index contributed by atoms with van der Waals surface area (Å²) in [5.74, 6) is 0.638. The molecule has 2 heterocycles. The summed E-state index contributed by atoms with van der Waals surface area (Å²) >= 11 is 0. The molecule has 3 aromatic rings. The molecule has 1 aliphatic heterocycles. The first-order chi connectivity index (χ1) is 15.6. The van der Waals surface area contributed by atoms with Crippen LogP contribution in [0, 0.1) is 11.7 Å². The maximum atomic E-state index is 14.1. The van der Waals surface area contributed by atoms with Crippen LogP contribution in [0.5, 0.6) is 0 Å². The van der Waals surface area contributed by atoms with Crippen LogP contribution in [0.4, 0.5) is 4.39 Å². The van der Waals surface area contributed by atoms with E-state index < -0.39 is 0 Å². The Morgan fingerprint density at radius 3 is 2.66 bits per heavy atom. The van der Waals surface area contributed by atoms with Crippen molar-refractivity contribution in [2.24, 2.45) is 5.92 Å². The van der Waals surface area contributed by atoms with Gasteiger partial charge in [0.2, 0.25) is 0 Å². The van der Waals surface area contributed by atoms with E-state index in [4.69, 9.17) is 4.42 Å². The minimum absolute atomic E-state index is 0.198. The van der Waals surface area contributed by atoms with Crippen molar-refractivity contribution in [3.63, 3.8) is 0 Å². The molecule has 168 valence electrons. The fraction of sp³-hybridized carbons (Fsp3) is 0.448. The van der Waals surface area contributed by atoms with Crippen molar-refractivity contribution in [2.45, 2.75) is 63.7 Å². The standard InChI is InChI=1S/C29H34FNO/c1-29(24-10-6-3-7-11-24,20-22-8-4-2-5-9-22)16-18-31-17-14-23(21-31)25-12-13-27(30)26-15-19-32-28(25)26/h3,6-7,10-13,15,19,21-22H,2,4-5,8-9,14,16-18,20H2,1H3. The van der Waals surface area contributed by atoms with E-state index in [9.17, 15) is 4.39 Å². The van der Waals surface area contributed by atoms with Crippen molar-refractivity contribution in [1.29, 1.82) is 0 Å². The van der Waals surface area contributed by atoms with E-state index in [1.807, 2.05) is 6.07 Å². The fourth-order valence-electron chi connectivity index (χ4n) is 5.90. The molecule has 0 bridgehead atoms. The summed E-state index contributed by atoms with van der Waals surface area (Å²) in [6.07, 6.45) is 14.3. The molecule has 0 N–H and O–H groups in total. The molecule has 1 fully saturated rings. The average molecular weight is 432 g/mol. The molecule has 0 spiro atoms. The lowest BCUT2D eigenvalue weighted by Gasteiger charge is -2.37. The zero-order chi connectivity index (χ0) is 22.0. The minimum atomic E-state index is -0.214. The number of benzene rings is 2. The van der Waals surface area contributed by atoms with Crippen molar-refractivity contribution in [2.75, 3.05) is 13.1 Å². The predicted molar refractivity (Wildman–Crippen MR) is 130 cm³/mol. The molecule has 2 aromatic carbocycles. The normalized spacial score (nSPS) is 19.3. The SMILES string of the molecule is CC(CCN1C=C(c2ccc(F)c3ccoc23)CC1)(CC1CCCCC1)c1ccccc1. The van der Waals surface area contributed by atoms with Crippen LogP contribution in [0.1, 0.15) is 69.4 Å². The predicted octanol–water partition coefficient (Wildman–Crippen LogP) is 7.94. The molecule has 0 radical (unpaired) electrons. The van der Waals surface area contributed by atoms with E-state index in [-0.39, 0.29) is 11.2 Å². The number of nitrogens with zero attached hydrogens (tertiary/aromatic N) is 1. The highest BCUT2D eigenvalue weighted by Gasteiger charge is 2.31. The quantitative estimate of drug-likeness (QED) is 0.377. The number of fused-ring (bicyclic) bond motifs is 1. The summed E-state index contributed by atoms with van der Waals surface area (Å²) in [4.78, 5) is 2.45. The zero-order valence-electron chi connectivity index (χ0n) is 19.2. The molecule has 2 aliphatic rings. The van der Waals surface area contributed by atoms with Crippen LogP contribution in [0.3, 0.4) is 0 Å². The number of furan rings is 1. The first-order valence-corrected chi connectivity index (χ1v) is 12.3. The summed E-state index contributed by atoms with van der Waals surface area (Å²) in [6, 6.07) is 16.3. The lowest BCUT2D eigenvalue weighted by Crippen LogP contribution is -2.31. The molecular formula is C29H34FNO. The second kappa shape index (κ2) is 9.13. The Hall–Kier alpha value is -2.55. The van der Waals surface area contributed by atoms with Gasteiger partial charge in [0.05, 0.1) is 11.6 Å². The highest BCUT2D eigenvalue weighted by Crippen LogP contribution is 2.40. The van der Waals surface area contributed by atoms with Crippen LogP contribution in [0.25, 0.3) is 16.5 Å². The van der Waals surface area contributed by atoms with Gasteiger partial charge < -0.3 is 9.32 Å². The van der Waals surface area contributed by atoms with Crippen LogP contribution in [-0.4, -0.2) is 18.0 Å². The molecule has 5 rings (SSSR count). The number of halogens is 1. The van der Waals surface area contributed by atoms with Crippen LogP contribution >= 0.6 is 0 Å². The Labute approximate surface area is 191 Å². The smallest absolute Gasteiger partial charge is 0.144 e. The van der Waals surface area contributed by atoms with Gasteiger partial charge in [0.15, 0.2) is 0 Å². The lowest BCUT2D eigenvalue weighted by molar-refractivity contribution is 0.239. The van der Waals surface area contributed by atoms with Crippen molar-refractivity contribution in [3.05, 3.63) is 77.9 Å². The van der Waals surface area contributed by atoms with E-state index in [0.717, 1.165) is 37.4 Å². The molecular weight excluding hydrogens is 397 g/mol. The van der Waals surface area contributed by atoms with E-state index in [2.05, 4.69) is 48.4 Å². The molecule has 0 saturated heterocycles. The van der Waals surface area contributed by atoms with Crippen molar-refractivity contribution >= 4 is 16.5 Å². The Kier molecular flexibility index (Phi) is 6.08. The summed E-state index contributed by atoms with van der Waals surface area (Å²) in [6.45, 7) is 4.54. The number of hydrogen-bond donors (Lipinski definition) is 0. The molecule has 1 unspecified atom stereocenters. The molecule has 32 heavy (non-hydrogen) atoms. The molecule has 3 heteroatoms. The van der Waals surface area contributed by atoms with Crippen LogP contribution in [-0.2, 0) is 5.41 Å². The third-order valence-electron chi connectivity index (χ3n) is 7.80. The monoisotopic (exact) mass is 431 g/mol. The summed E-state index contributed by atoms with van der Waals surface area (Å²) in [5, 5.41) is 0.575. The van der Waals surface area contributed by atoms with Gasteiger partial charge in [-0.3, -0.25) is 0 Å². The first kappa shape index (κ1) is 21.3. The van der Waals surface area contributed by atoms with Crippen molar-refractivity contribution < 1.29 is 8.81 Å². The maximum absolute atomic E-state index is 14.1. The Bertz CT molecular complexity index is 1080. The maximum Gasteiger partial charge on any atom is 0.144 e. The van der Waals surface area contributed by atoms with Gasteiger partial charge in [-0.2, -0.15) is 0 Å². The second-order valence-electron chi connectivity index (χ2n) is 10.1. The van der Waals surface area contributed by atoms with E-state index in [0.29, 0.717) is 11.0 Å². The van der Waals surface area contributed by atoms with Crippen LogP contribution in [0.15, 0.2) is 65.4 Å². The molecule has 1 aromatic heterocycles. The molecule has 1 saturated carbocycles. The minimum Gasteiger partial charge on any atom is -0.464 e. The van der Waals surface area contributed by atoms with Gasteiger partial charge in [-0.25, -0.2) is 4.39 Å². The Morgan fingerprint density at radius 1 is 1.03 bits per heavy atom. The molecule has 1 atom stereocenters. The molecule has 0 amide bonds. The zero-order valence-corrected chi connectivity index (χ0v) is 19.2. The van der Waals surface area contributed by atoms with E-state index in [1.54, 1.807) is 18.4 Å². The van der Waals surface area contributed by atoms with Gasteiger partial charge >= 0.3 is 0 Å². The third-order valence-corrected chi connectivity index (χ3v) is 7.80. The Balaban J connectivity index is 1.32. The topological polar surface area (TPSA) is 16.4 Å². The largest absolute Gasteiger partial charge is 0.464 e. The Morgan fingerprint density at radius 2 is 1.84 bits per heavy atom. The number of hydrogen-bond acceptors (Lipinski definition) is 2. The van der Waals surface area contributed by atoms with Crippen molar-refractivity contribution in [3.8, 4) is 0 Å². The molecule has 1 aliphatic carbocycles. The van der Waals surface area contributed by atoms with E-state index >= 15 is 0 Å². The van der Waals surface area contributed by atoms with Gasteiger partial charge in [0.25, 0.3) is 0 Å². The van der Waals surface area contributed by atoms with Gasteiger partial charge in [-0.15, -0.1) is 0 Å². The first-order valence-electron chi connectivity index (χ1n) is 12.3. The highest BCUT2D eigenvalue weighted by atomic mass is 19.1. The fourth-order valence-corrected chi connectivity index (χ4v) is 5.90. The van der Waals surface area contributed by atoms with Gasteiger partial charge in [0, 0.05) is 24.9 Å². The lowest BCUT2D eigenvalue weighted by atomic mass is 9.70. The second-order valence-corrected chi connectivity index (χ2v) is 10.1. The van der Waals surface area contributed by atoms with Gasteiger partial charge in [-0.1, -0.05) is 69.4 Å². The molecule has 2 nitrogen and oxygen atoms in total.